The molecule has 0 spiro atoms. The molecule has 0 fully saturated rings. The van der Waals surface area contributed by atoms with Crippen LogP contribution in [0.15, 0.2) is 60.7 Å². The van der Waals surface area contributed by atoms with Gasteiger partial charge in [0.25, 0.3) is 0 Å². The summed E-state index contributed by atoms with van der Waals surface area (Å²) in [5.41, 5.74) is 2.25. The maximum absolute atomic E-state index is 10.7. The Kier molecular flexibility index (Phi) is 6.78. The molecule has 23 heavy (non-hydrogen) atoms. The highest BCUT2D eigenvalue weighted by molar-refractivity contribution is 5.18. The van der Waals surface area contributed by atoms with E-state index in [1.165, 1.54) is 5.06 Å². The number of ether oxygens (including phenoxy) is 1. The highest BCUT2D eigenvalue weighted by Gasteiger charge is 2.26. The number of hydrogen-bond acceptors (Lipinski definition) is 3. The predicted molar refractivity (Wildman–Crippen MR) is 93.2 cm³/mol. The zero-order chi connectivity index (χ0) is 16.7. The number of hydroxylamine groups is 2. The van der Waals surface area contributed by atoms with Crippen LogP contribution in [0.2, 0.25) is 0 Å². The summed E-state index contributed by atoms with van der Waals surface area (Å²) >= 11 is 0. The van der Waals surface area contributed by atoms with Gasteiger partial charge in [0.2, 0.25) is 0 Å². The molecule has 2 aromatic rings. The molecule has 0 saturated carbocycles. The van der Waals surface area contributed by atoms with Gasteiger partial charge in [0.1, 0.15) is 0 Å². The third-order valence-corrected chi connectivity index (χ3v) is 4.19. The third-order valence-electron chi connectivity index (χ3n) is 4.19. The van der Waals surface area contributed by atoms with Crippen molar-refractivity contribution in [1.29, 1.82) is 0 Å². The van der Waals surface area contributed by atoms with E-state index < -0.39 is 0 Å². The fourth-order valence-electron chi connectivity index (χ4n) is 2.62. The van der Waals surface area contributed by atoms with Gasteiger partial charge in [0, 0.05) is 0 Å². The van der Waals surface area contributed by atoms with E-state index in [1.54, 1.807) is 0 Å². The van der Waals surface area contributed by atoms with Crippen LogP contribution in [0.5, 0.6) is 0 Å². The molecular weight excluding hydrogens is 286 g/mol. The van der Waals surface area contributed by atoms with Crippen molar-refractivity contribution < 1.29 is 9.94 Å². The molecule has 2 atom stereocenters. The molecule has 124 valence electrons. The molecule has 3 heteroatoms. The first-order valence-corrected chi connectivity index (χ1v) is 8.23. The Bertz CT molecular complexity index is 556. The van der Waals surface area contributed by atoms with Crippen LogP contribution in [-0.4, -0.2) is 22.9 Å². The molecule has 0 aliphatic heterocycles. The highest BCUT2D eigenvalue weighted by atomic mass is 16.5. The van der Waals surface area contributed by atoms with Crippen LogP contribution in [0.1, 0.15) is 37.9 Å². The zero-order valence-corrected chi connectivity index (χ0v) is 14.2. The summed E-state index contributed by atoms with van der Waals surface area (Å²) in [4.78, 5) is 0. The first-order valence-electron chi connectivity index (χ1n) is 8.23. The fraction of sp³-hybridized carbons (Fsp3) is 0.400. The van der Waals surface area contributed by atoms with E-state index in [0.29, 0.717) is 19.1 Å². The predicted octanol–water partition coefficient (Wildman–Crippen LogP) is 4.68. The van der Waals surface area contributed by atoms with Gasteiger partial charge in [-0.2, -0.15) is 5.06 Å². The third kappa shape index (κ3) is 5.17. The normalized spacial score (nSPS) is 14.2. The van der Waals surface area contributed by atoms with E-state index in [1.807, 2.05) is 67.6 Å². The summed E-state index contributed by atoms with van der Waals surface area (Å²) in [5.74, 6) is 0.293. The van der Waals surface area contributed by atoms with Crippen molar-refractivity contribution in [3.05, 3.63) is 71.8 Å². The van der Waals surface area contributed by atoms with E-state index in [2.05, 4.69) is 13.8 Å². The van der Waals surface area contributed by atoms with Crippen molar-refractivity contribution in [3.63, 3.8) is 0 Å². The second-order valence-corrected chi connectivity index (χ2v) is 6.28. The average molecular weight is 313 g/mol. The summed E-state index contributed by atoms with van der Waals surface area (Å²) in [7, 11) is 0. The Morgan fingerprint density at radius 3 is 2.04 bits per heavy atom. The lowest BCUT2D eigenvalue weighted by Crippen LogP contribution is -2.41. The van der Waals surface area contributed by atoms with Gasteiger partial charge in [-0.05, 0) is 24.0 Å². The Morgan fingerprint density at radius 2 is 1.48 bits per heavy atom. The second-order valence-electron chi connectivity index (χ2n) is 6.28. The number of hydrogen-bond donors (Lipinski definition) is 1. The molecule has 2 rings (SSSR count). The van der Waals surface area contributed by atoms with Gasteiger partial charge in [-0.1, -0.05) is 74.5 Å². The lowest BCUT2D eigenvalue weighted by molar-refractivity contribution is -0.183. The van der Waals surface area contributed by atoms with Gasteiger partial charge in [-0.3, -0.25) is 0 Å². The zero-order valence-electron chi connectivity index (χ0n) is 14.2. The second kappa shape index (κ2) is 8.82. The van der Waals surface area contributed by atoms with Gasteiger partial charge in [0.15, 0.2) is 0 Å². The van der Waals surface area contributed by atoms with Gasteiger partial charge < -0.3 is 9.94 Å². The van der Waals surface area contributed by atoms with Gasteiger partial charge in [-0.25, -0.2) is 0 Å². The van der Waals surface area contributed by atoms with Crippen LogP contribution in [0.4, 0.5) is 0 Å². The quantitative estimate of drug-likeness (QED) is 0.718. The lowest BCUT2D eigenvalue weighted by atomic mass is 10.0. The number of rotatable bonds is 8. The molecule has 0 amide bonds. The molecule has 0 aliphatic rings. The molecule has 0 radical (unpaired) electrons. The highest BCUT2D eigenvalue weighted by Crippen LogP contribution is 2.23. The Hall–Kier alpha value is -1.68. The molecule has 1 N–H and O–H groups in total. The van der Waals surface area contributed by atoms with Gasteiger partial charge in [-0.15, -0.1) is 0 Å². The van der Waals surface area contributed by atoms with Crippen LogP contribution >= 0.6 is 0 Å². The molecule has 0 aliphatic carbocycles. The van der Waals surface area contributed by atoms with E-state index in [0.717, 1.165) is 11.1 Å². The Morgan fingerprint density at radius 1 is 0.913 bits per heavy atom. The van der Waals surface area contributed by atoms with Crippen molar-refractivity contribution >= 4 is 0 Å². The summed E-state index contributed by atoms with van der Waals surface area (Å²) in [6.07, 6.45) is 0. The van der Waals surface area contributed by atoms with Crippen molar-refractivity contribution in [2.24, 2.45) is 5.92 Å². The molecule has 3 nitrogen and oxygen atoms in total. The van der Waals surface area contributed by atoms with Crippen molar-refractivity contribution in [1.82, 2.24) is 5.06 Å². The molecule has 0 saturated heterocycles. The Balaban J connectivity index is 1.94. The first kappa shape index (κ1) is 17.7. The summed E-state index contributed by atoms with van der Waals surface area (Å²) in [6.45, 7) is 7.30. The number of benzene rings is 2. The van der Waals surface area contributed by atoms with Crippen LogP contribution < -0.4 is 0 Å². The number of nitrogens with zero attached hydrogens (tertiary/aromatic N) is 1. The van der Waals surface area contributed by atoms with E-state index in [-0.39, 0.29) is 12.1 Å². The summed E-state index contributed by atoms with van der Waals surface area (Å²) in [5, 5.41) is 12.1. The first-order chi connectivity index (χ1) is 11.1. The van der Waals surface area contributed by atoms with Gasteiger partial charge >= 0.3 is 0 Å². The van der Waals surface area contributed by atoms with Crippen LogP contribution in [0.3, 0.4) is 0 Å². The van der Waals surface area contributed by atoms with Crippen molar-refractivity contribution in [2.75, 3.05) is 6.61 Å². The molecule has 0 aromatic heterocycles. The van der Waals surface area contributed by atoms with E-state index in [4.69, 9.17) is 4.74 Å². The van der Waals surface area contributed by atoms with E-state index in [9.17, 15) is 5.21 Å². The topological polar surface area (TPSA) is 32.7 Å². The minimum Gasteiger partial charge on any atom is -0.375 e. The smallest absolute Gasteiger partial charge is 0.0717 e. The standard InChI is InChI=1S/C20H27NO2/c1-16(2)20(15-23-14-18-10-6-4-7-11-18)21(22)17(3)19-12-8-5-9-13-19/h4-13,16-17,20,22H,14-15H2,1-3H3/t17-,20+/m0/s1. The average Bonchev–Trinajstić information content (AvgIpc) is 2.59. The van der Waals surface area contributed by atoms with Crippen LogP contribution in [0.25, 0.3) is 0 Å². The van der Waals surface area contributed by atoms with E-state index >= 15 is 0 Å². The molecule has 0 bridgehead atoms. The maximum atomic E-state index is 10.7. The molecule has 2 aromatic carbocycles. The SMILES string of the molecule is CC(C)[C@@H](COCc1ccccc1)N(O)[C@@H](C)c1ccccc1. The summed E-state index contributed by atoms with van der Waals surface area (Å²) < 4.78 is 5.85. The fourth-order valence-corrected chi connectivity index (χ4v) is 2.62. The molecule has 0 unspecified atom stereocenters. The lowest BCUT2D eigenvalue weighted by Gasteiger charge is -2.33. The van der Waals surface area contributed by atoms with Crippen LogP contribution in [0, 0.1) is 5.92 Å². The largest absolute Gasteiger partial charge is 0.375 e. The molecular formula is C20H27NO2. The van der Waals surface area contributed by atoms with Crippen molar-refractivity contribution in [3.8, 4) is 0 Å². The van der Waals surface area contributed by atoms with Crippen molar-refractivity contribution in [2.45, 2.75) is 39.5 Å². The minimum atomic E-state index is -0.0658. The summed E-state index contributed by atoms with van der Waals surface area (Å²) in [6, 6.07) is 20.1. The van der Waals surface area contributed by atoms with Crippen LogP contribution in [-0.2, 0) is 11.3 Å². The maximum Gasteiger partial charge on any atom is 0.0717 e. The van der Waals surface area contributed by atoms with Gasteiger partial charge in [0.05, 0.1) is 25.3 Å². The molecule has 0 heterocycles. The monoisotopic (exact) mass is 313 g/mol. The Labute approximate surface area is 139 Å². The minimum absolute atomic E-state index is 0.0473.